The SMILES string of the molecule is O=C(NCc1cccc(-c2cccc(C3OC(CN4CCOCC4)CC(c4ccc(CO)cc4)O3)c2)c1)c1cnc2ccccc2n1. The summed E-state index contributed by atoms with van der Waals surface area (Å²) in [5.74, 6) is -0.269. The van der Waals surface area contributed by atoms with Crippen molar-refractivity contribution >= 4 is 16.9 Å². The number of aliphatic hydroxyl groups excluding tert-OH is 1. The first-order valence-corrected chi connectivity index (χ1v) is 16.1. The largest absolute Gasteiger partial charge is 0.392 e. The molecule has 2 N–H and O–H groups in total. The van der Waals surface area contributed by atoms with E-state index in [0.29, 0.717) is 12.1 Å². The molecule has 240 valence electrons. The van der Waals surface area contributed by atoms with Crippen molar-refractivity contribution in [1.29, 1.82) is 0 Å². The van der Waals surface area contributed by atoms with E-state index in [1.807, 2.05) is 72.8 Å². The standard InChI is InChI=1S/C38H38N4O5/c43-25-26-11-13-28(14-12-26)36-21-32(24-42-15-17-45-18-16-42)46-38(47-36)31-8-4-7-30(20-31)29-6-3-5-27(19-29)22-40-37(44)35-23-39-33-9-1-2-10-34(33)41-35/h1-14,19-20,23,32,36,38,43H,15-18,21-22,24-25H2,(H,40,44). The van der Waals surface area contributed by atoms with Crippen molar-refractivity contribution in [2.45, 2.75) is 38.1 Å². The van der Waals surface area contributed by atoms with Crippen LogP contribution in [0.4, 0.5) is 0 Å². The highest BCUT2D eigenvalue weighted by molar-refractivity contribution is 5.93. The van der Waals surface area contributed by atoms with Gasteiger partial charge in [-0.3, -0.25) is 14.7 Å². The minimum absolute atomic E-state index is 0.0106. The van der Waals surface area contributed by atoms with Gasteiger partial charge in [-0.25, -0.2) is 4.98 Å². The highest BCUT2D eigenvalue weighted by Crippen LogP contribution is 2.39. The maximum Gasteiger partial charge on any atom is 0.271 e. The van der Waals surface area contributed by atoms with Gasteiger partial charge in [-0.05, 0) is 52.1 Å². The summed E-state index contributed by atoms with van der Waals surface area (Å²) in [6.45, 7) is 4.44. The van der Waals surface area contributed by atoms with Crippen molar-refractivity contribution in [3.8, 4) is 11.1 Å². The van der Waals surface area contributed by atoms with Gasteiger partial charge in [0.25, 0.3) is 5.91 Å². The molecule has 3 unspecified atom stereocenters. The third-order valence-electron chi connectivity index (χ3n) is 8.73. The summed E-state index contributed by atoms with van der Waals surface area (Å²) in [7, 11) is 0. The van der Waals surface area contributed by atoms with Gasteiger partial charge in [-0.1, -0.05) is 72.8 Å². The van der Waals surface area contributed by atoms with Gasteiger partial charge in [-0.2, -0.15) is 0 Å². The van der Waals surface area contributed by atoms with Crippen LogP contribution in [0.3, 0.4) is 0 Å². The van der Waals surface area contributed by atoms with Crippen molar-refractivity contribution in [3.05, 3.63) is 131 Å². The molecule has 0 spiro atoms. The molecule has 0 saturated carbocycles. The number of morpholine rings is 1. The Balaban J connectivity index is 1.07. The van der Waals surface area contributed by atoms with E-state index in [1.165, 1.54) is 6.20 Å². The van der Waals surface area contributed by atoms with Gasteiger partial charge in [0, 0.05) is 38.2 Å². The summed E-state index contributed by atoms with van der Waals surface area (Å²) in [6.07, 6.45) is 1.55. The molecule has 0 aliphatic carbocycles. The predicted octanol–water partition coefficient (Wildman–Crippen LogP) is 5.60. The van der Waals surface area contributed by atoms with E-state index >= 15 is 0 Å². The second-order valence-corrected chi connectivity index (χ2v) is 12.0. The minimum atomic E-state index is -0.539. The summed E-state index contributed by atoms with van der Waals surface area (Å²) in [4.78, 5) is 24.1. The van der Waals surface area contributed by atoms with Gasteiger partial charge in [0.1, 0.15) is 5.69 Å². The number of benzene rings is 4. The van der Waals surface area contributed by atoms with Crippen molar-refractivity contribution < 1.29 is 24.1 Å². The second kappa shape index (κ2) is 14.5. The lowest BCUT2D eigenvalue weighted by Crippen LogP contribution is -2.44. The molecule has 1 aromatic heterocycles. The number of fused-ring (bicyclic) bond motifs is 1. The van der Waals surface area contributed by atoms with E-state index in [1.54, 1.807) is 0 Å². The first kappa shape index (κ1) is 31.1. The minimum Gasteiger partial charge on any atom is -0.392 e. The van der Waals surface area contributed by atoms with Crippen LogP contribution in [0.15, 0.2) is 103 Å². The molecule has 2 fully saturated rings. The fraction of sp³-hybridized carbons (Fsp3) is 0.289. The van der Waals surface area contributed by atoms with Crippen LogP contribution < -0.4 is 5.32 Å². The number of carbonyl (C=O) groups is 1. The Morgan fingerprint density at radius 1 is 0.830 bits per heavy atom. The number of nitrogens with one attached hydrogen (secondary N) is 1. The van der Waals surface area contributed by atoms with E-state index in [0.717, 1.165) is 78.2 Å². The molecule has 0 radical (unpaired) electrons. The third-order valence-corrected chi connectivity index (χ3v) is 8.73. The maximum absolute atomic E-state index is 12.9. The van der Waals surface area contributed by atoms with Crippen LogP contribution in [0.25, 0.3) is 22.2 Å². The molecule has 47 heavy (non-hydrogen) atoms. The van der Waals surface area contributed by atoms with Crippen molar-refractivity contribution in [1.82, 2.24) is 20.2 Å². The Hall–Kier alpha value is -4.51. The van der Waals surface area contributed by atoms with Gasteiger partial charge < -0.3 is 24.6 Å². The van der Waals surface area contributed by atoms with Crippen LogP contribution in [-0.2, 0) is 27.4 Å². The summed E-state index contributed by atoms with van der Waals surface area (Å²) in [6, 6.07) is 31.9. The maximum atomic E-state index is 12.9. The Labute approximate surface area is 274 Å². The average Bonchev–Trinajstić information content (AvgIpc) is 3.14. The molecule has 3 heterocycles. The Morgan fingerprint density at radius 2 is 1.60 bits per heavy atom. The molecule has 5 aromatic rings. The Morgan fingerprint density at radius 3 is 2.40 bits per heavy atom. The van der Waals surface area contributed by atoms with Gasteiger partial charge in [-0.15, -0.1) is 0 Å². The molecule has 3 atom stereocenters. The number of nitrogens with zero attached hydrogens (tertiary/aromatic N) is 3. The summed E-state index contributed by atoms with van der Waals surface area (Å²) >= 11 is 0. The lowest BCUT2D eigenvalue weighted by molar-refractivity contribution is -0.253. The van der Waals surface area contributed by atoms with Crippen molar-refractivity contribution in [2.24, 2.45) is 0 Å². The van der Waals surface area contributed by atoms with E-state index in [2.05, 4.69) is 44.5 Å². The zero-order valence-electron chi connectivity index (χ0n) is 26.1. The van der Waals surface area contributed by atoms with Crippen LogP contribution >= 0.6 is 0 Å². The van der Waals surface area contributed by atoms with Crippen LogP contribution in [0.2, 0.25) is 0 Å². The first-order chi connectivity index (χ1) is 23.1. The van der Waals surface area contributed by atoms with Gasteiger partial charge in [0.05, 0.1) is 49.3 Å². The third kappa shape index (κ3) is 7.56. The Bertz CT molecular complexity index is 1830. The number of amides is 1. The topological polar surface area (TPSA) is 106 Å². The van der Waals surface area contributed by atoms with Gasteiger partial charge >= 0.3 is 0 Å². The lowest BCUT2D eigenvalue weighted by atomic mass is 9.98. The molecule has 1 amide bonds. The highest BCUT2D eigenvalue weighted by atomic mass is 16.7. The second-order valence-electron chi connectivity index (χ2n) is 12.0. The number of hydrogen-bond acceptors (Lipinski definition) is 8. The molecule has 7 rings (SSSR count). The molecule has 9 heteroatoms. The summed E-state index contributed by atoms with van der Waals surface area (Å²) in [5.41, 5.74) is 7.64. The molecule has 0 bridgehead atoms. The molecular weight excluding hydrogens is 592 g/mol. The van der Waals surface area contributed by atoms with Crippen LogP contribution in [0.1, 0.15) is 51.6 Å². The van der Waals surface area contributed by atoms with E-state index in [9.17, 15) is 9.90 Å². The van der Waals surface area contributed by atoms with E-state index < -0.39 is 6.29 Å². The zero-order valence-corrected chi connectivity index (χ0v) is 26.1. The molecule has 4 aromatic carbocycles. The van der Waals surface area contributed by atoms with Crippen molar-refractivity contribution in [2.75, 3.05) is 32.8 Å². The van der Waals surface area contributed by atoms with E-state index in [4.69, 9.17) is 14.2 Å². The molecule has 2 saturated heterocycles. The fourth-order valence-electron chi connectivity index (χ4n) is 6.17. The lowest BCUT2D eigenvalue weighted by Gasteiger charge is -2.39. The van der Waals surface area contributed by atoms with Gasteiger partial charge in [0.15, 0.2) is 6.29 Å². The molecule has 2 aliphatic heterocycles. The van der Waals surface area contributed by atoms with Gasteiger partial charge in [0.2, 0.25) is 0 Å². The number of ether oxygens (including phenoxy) is 3. The number of hydrogen-bond donors (Lipinski definition) is 2. The van der Waals surface area contributed by atoms with Crippen LogP contribution in [0, 0.1) is 0 Å². The predicted molar refractivity (Wildman–Crippen MR) is 178 cm³/mol. The summed E-state index contributed by atoms with van der Waals surface area (Å²) < 4.78 is 18.8. The van der Waals surface area contributed by atoms with Crippen LogP contribution in [-0.4, -0.2) is 64.8 Å². The zero-order chi connectivity index (χ0) is 32.0. The smallest absolute Gasteiger partial charge is 0.271 e. The number of aromatic nitrogens is 2. The number of aliphatic hydroxyl groups is 1. The molecule has 9 nitrogen and oxygen atoms in total. The number of carbonyl (C=O) groups excluding carboxylic acids is 1. The number of rotatable bonds is 9. The molecular formula is C38H38N4O5. The van der Waals surface area contributed by atoms with Crippen LogP contribution in [0.5, 0.6) is 0 Å². The fourth-order valence-corrected chi connectivity index (χ4v) is 6.17. The highest BCUT2D eigenvalue weighted by Gasteiger charge is 2.33. The number of para-hydroxylation sites is 2. The monoisotopic (exact) mass is 630 g/mol. The average molecular weight is 631 g/mol. The quantitative estimate of drug-likeness (QED) is 0.217. The van der Waals surface area contributed by atoms with E-state index in [-0.39, 0.29) is 30.4 Å². The van der Waals surface area contributed by atoms with Crippen molar-refractivity contribution in [3.63, 3.8) is 0 Å². The summed E-state index contributed by atoms with van der Waals surface area (Å²) in [5, 5.41) is 12.5. The molecule has 2 aliphatic rings. The normalized spacial score (nSPS) is 20.2. The Kier molecular flexibility index (Phi) is 9.60. The first-order valence-electron chi connectivity index (χ1n) is 16.1.